The molecule has 18 heavy (non-hydrogen) atoms. The lowest BCUT2D eigenvalue weighted by atomic mass is 10.1. The lowest BCUT2D eigenvalue weighted by Gasteiger charge is -2.04. The van der Waals surface area contributed by atoms with Crippen LogP contribution in [0.2, 0.25) is 0 Å². The van der Waals surface area contributed by atoms with Gasteiger partial charge in [0.25, 0.3) is 5.91 Å². The Labute approximate surface area is 118 Å². The third-order valence-electron chi connectivity index (χ3n) is 2.37. The molecule has 2 N–H and O–H groups in total. The number of carbonyl (C=O) groups excluding carboxylic acids is 1. The molecular weight excluding hydrogens is 271 g/mol. The van der Waals surface area contributed by atoms with E-state index in [2.05, 4.69) is 4.98 Å². The third-order valence-corrected chi connectivity index (χ3v) is 2.37. The lowest BCUT2D eigenvalue weighted by Crippen LogP contribution is -2.14. The van der Waals surface area contributed by atoms with Crippen molar-refractivity contribution in [1.29, 1.82) is 0 Å². The normalized spacial score (nSPS) is 8.89. The minimum Gasteiger partial charge on any atom is -0.366 e. The number of carbonyl (C=O) groups is 1. The Kier molecular flexibility index (Phi) is 7.01. The number of amides is 1. The molecule has 1 aromatic heterocycles. The van der Waals surface area contributed by atoms with Crippen molar-refractivity contribution < 1.29 is 4.79 Å². The standard InChI is InChI=1S/C13H12N2O.2ClH/c14-13(16)11-7-4-8-15-12(11)9-10-5-2-1-3-6-10;;/h1-8H,9H2,(H2,14,16);2*1H. The Balaban J connectivity index is 0.00000144. The average molecular weight is 285 g/mol. The summed E-state index contributed by atoms with van der Waals surface area (Å²) in [7, 11) is 0. The van der Waals surface area contributed by atoms with Gasteiger partial charge >= 0.3 is 0 Å². The van der Waals surface area contributed by atoms with Crippen molar-refractivity contribution in [3.05, 3.63) is 65.5 Å². The van der Waals surface area contributed by atoms with Gasteiger partial charge < -0.3 is 5.73 Å². The molecule has 1 heterocycles. The monoisotopic (exact) mass is 284 g/mol. The summed E-state index contributed by atoms with van der Waals surface area (Å²) in [5, 5.41) is 0. The van der Waals surface area contributed by atoms with Gasteiger partial charge in [0.15, 0.2) is 0 Å². The SMILES string of the molecule is Cl.Cl.NC(=O)c1cccnc1Cc1ccccc1. The highest BCUT2D eigenvalue weighted by molar-refractivity contribution is 5.93. The summed E-state index contributed by atoms with van der Waals surface area (Å²) in [4.78, 5) is 15.4. The van der Waals surface area contributed by atoms with E-state index in [4.69, 9.17) is 5.73 Å². The molecule has 0 bridgehead atoms. The van der Waals surface area contributed by atoms with Crippen molar-refractivity contribution in [3.8, 4) is 0 Å². The molecule has 1 aromatic carbocycles. The first-order valence-corrected chi connectivity index (χ1v) is 5.05. The first-order chi connectivity index (χ1) is 7.77. The fraction of sp³-hybridized carbons (Fsp3) is 0.0769. The maximum absolute atomic E-state index is 11.2. The molecule has 0 radical (unpaired) electrons. The van der Waals surface area contributed by atoms with E-state index in [9.17, 15) is 4.79 Å². The van der Waals surface area contributed by atoms with Crippen molar-refractivity contribution in [2.24, 2.45) is 5.73 Å². The molecule has 1 amide bonds. The molecule has 96 valence electrons. The zero-order valence-corrected chi connectivity index (χ0v) is 11.2. The van der Waals surface area contributed by atoms with Crippen LogP contribution in [0.3, 0.4) is 0 Å². The second-order valence-corrected chi connectivity index (χ2v) is 3.52. The summed E-state index contributed by atoms with van der Waals surface area (Å²) in [6.07, 6.45) is 2.30. The van der Waals surface area contributed by atoms with Gasteiger partial charge in [-0.25, -0.2) is 0 Å². The minimum absolute atomic E-state index is 0. The van der Waals surface area contributed by atoms with Gasteiger partial charge in [0.2, 0.25) is 0 Å². The van der Waals surface area contributed by atoms with Crippen LogP contribution in [0.4, 0.5) is 0 Å². The fourth-order valence-electron chi connectivity index (χ4n) is 1.59. The molecule has 0 aliphatic heterocycles. The van der Waals surface area contributed by atoms with Gasteiger partial charge in [0.1, 0.15) is 0 Å². The highest BCUT2D eigenvalue weighted by Gasteiger charge is 2.08. The molecule has 0 aliphatic rings. The van der Waals surface area contributed by atoms with Crippen molar-refractivity contribution in [2.45, 2.75) is 6.42 Å². The first kappa shape index (κ1) is 16.4. The van der Waals surface area contributed by atoms with Crippen LogP contribution in [-0.4, -0.2) is 10.9 Å². The van der Waals surface area contributed by atoms with Crippen molar-refractivity contribution >= 4 is 30.7 Å². The molecule has 0 unspecified atom stereocenters. The highest BCUT2D eigenvalue weighted by atomic mass is 35.5. The molecule has 2 rings (SSSR count). The van der Waals surface area contributed by atoms with E-state index in [0.717, 1.165) is 11.3 Å². The molecule has 2 aromatic rings. The molecule has 0 atom stereocenters. The van der Waals surface area contributed by atoms with Crippen LogP contribution in [0, 0.1) is 0 Å². The van der Waals surface area contributed by atoms with E-state index in [1.807, 2.05) is 30.3 Å². The summed E-state index contributed by atoms with van der Waals surface area (Å²) in [6, 6.07) is 13.3. The summed E-state index contributed by atoms with van der Waals surface area (Å²) in [6.45, 7) is 0. The molecular formula is C13H14Cl2N2O. The van der Waals surface area contributed by atoms with Crippen LogP contribution in [0.1, 0.15) is 21.6 Å². The lowest BCUT2D eigenvalue weighted by molar-refractivity contribution is 0.0999. The van der Waals surface area contributed by atoms with E-state index < -0.39 is 5.91 Å². The van der Waals surface area contributed by atoms with Gasteiger partial charge in [-0.1, -0.05) is 30.3 Å². The molecule has 0 fully saturated rings. The van der Waals surface area contributed by atoms with E-state index in [1.165, 1.54) is 0 Å². The number of halogens is 2. The Bertz CT molecular complexity index is 503. The zero-order chi connectivity index (χ0) is 11.4. The van der Waals surface area contributed by atoms with E-state index in [0.29, 0.717) is 12.0 Å². The number of hydrogen-bond donors (Lipinski definition) is 1. The van der Waals surface area contributed by atoms with Crippen LogP contribution in [-0.2, 0) is 6.42 Å². The Hall–Kier alpha value is -1.58. The fourth-order valence-corrected chi connectivity index (χ4v) is 1.59. The number of rotatable bonds is 3. The average Bonchev–Trinajstić information content (AvgIpc) is 2.31. The van der Waals surface area contributed by atoms with Gasteiger partial charge in [0, 0.05) is 12.6 Å². The maximum Gasteiger partial charge on any atom is 0.250 e. The van der Waals surface area contributed by atoms with Crippen molar-refractivity contribution in [2.75, 3.05) is 0 Å². The quantitative estimate of drug-likeness (QED) is 0.942. The summed E-state index contributed by atoms with van der Waals surface area (Å²) in [5.41, 5.74) is 7.62. The Morgan fingerprint density at radius 1 is 1.06 bits per heavy atom. The molecule has 0 saturated heterocycles. The Morgan fingerprint density at radius 3 is 2.33 bits per heavy atom. The number of hydrogen-bond acceptors (Lipinski definition) is 2. The predicted octanol–water partition coefficient (Wildman–Crippen LogP) is 2.61. The number of nitrogens with zero attached hydrogens (tertiary/aromatic N) is 1. The zero-order valence-electron chi connectivity index (χ0n) is 9.58. The van der Waals surface area contributed by atoms with Gasteiger partial charge in [-0.05, 0) is 17.7 Å². The van der Waals surface area contributed by atoms with Crippen molar-refractivity contribution in [1.82, 2.24) is 4.98 Å². The summed E-state index contributed by atoms with van der Waals surface area (Å²) in [5.74, 6) is -0.431. The second-order valence-electron chi connectivity index (χ2n) is 3.52. The van der Waals surface area contributed by atoms with Gasteiger partial charge in [0.05, 0.1) is 11.3 Å². The summed E-state index contributed by atoms with van der Waals surface area (Å²) < 4.78 is 0. The van der Waals surface area contributed by atoms with Crippen LogP contribution in [0.15, 0.2) is 48.7 Å². The number of aromatic nitrogens is 1. The largest absolute Gasteiger partial charge is 0.366 e. The predicted molar refractivity (Wildman–Crippen MR) is 76.5 cm³/mol. The molecule has 0 spiro atoms. The van der Waals surface area contributed by atoms with Crippen LogP contribution < -0.4 is 5.73 Å². The number of nitrogens with two attached hydrogens (primary N) is 1. The van der Waals surface area contributed by atoms with Gasteiger partial charge in [-0.2, -0.15) is 0 Å². The number of pyridine rings is 1. The smallest absolute Gasteiger partial charge is 0.250 e. The molecule has 0 aliphatic carbocycles. The van der Waals surface area contributed by atoms with Crippen molar-refractivity contribution in [3.63, 3.8) is 0 Å². The molecule has 3 nitrogen and oxygen atoms in total. The molecule has 0 saturated carbocycles. The molecule has 5 heteroatoms. The van der Waals surface area contributed by atoms with E-state index in [-0.39, 0.29) is 24.8 Å². The topological polar surface area (TPSA) is 56.0 Å². The first-order valence-electron chi connectivity index (χ1n) is 5.05. The van der Waals surface area contributed by atoms with E-state index >= 15 is 0 Å². The second kappa shape index (κ2) is 7.69. The highest BCUT2D eigenvalue weighted by Crippen LogP contribution is 2.11. The summed E-state index contributed by atoms with van der Waals surface area (Å²) >= 11 is 0. The minimum atomic E-state index is -0.431. The van der Waals surface area contributed by atoms with E-state index in [1.54, 1.807) is 18.3 Å². The van der Waals surface area contributed by atoms with Gasteiger partial charge in [-0.3, -0.25) is 9.78 Å². The maximum atomic E-state index is 11.2. The van der Waals surface area contributed by atoms with Crippen LogP contribution in [0.5, 0.6) is 0 Å². The van der Waals surface area contributed by atoms with Crippen LogP contribution in [0.25, 0.3) is 0 Å². The Morgan fingerprint density at radius 2 is 1.72 bits per heavy atom. The number of benzene rings is 1. The van der Waals surface area contributed by atoms with Crippen LogP contribution >= 0.6 is 24.8 Å². The third kappa shape index (κ3) is 4.02. The van der Waals surface area contributed by atoms with Gasteiger partial charge in [-0.15, -0.1) is 24.8 Å². The number of primary amides is 1.